The summed E-state index contributed by atoms with van der Waals surface area (Å²) >= 11 is 0. The van der Waals surface area contributed by atoms with E-state index in [0.717, 1.165) is 12.0 Å². The summed E-state index contributed by atoms with van der Waals surface area (Å²) in [6.45, 7) is 4.32. The zero-order valence-electron chi connectivity index (χ0n) is 9.70. The first-order valence-electron chi connectivity index (χ1n) is 5.60. The quantitative estimate of drug-likeness (QED) is 0.799. The smallest absolute Gasteiger partial charge is 0.115 e. The Morgan fingerprint density at radius 3 is 2.31 bits per heavy atom. The predicted octanol–water partition coefficient (Wildman–Crippen LogP) is 3.93. The first kappa shape index (κ1) is 10.7. The van der Waals surface area contributed by atoms with Gasteiger partial charge in [-0.2, -0.15) is 0 Å². The third-order valence-corrected chi connectivity index (χ3v) is 3.01. The van der Waals surface area contributed by atoms with Gasteiger partial charge in [0, 0.05) is 0 Å². The van der Waals surface area contributed by atoms with E-state index in [2.05, 4.69) is 32.0 Å². The van der Waals surface area contributed by atoms with E-state index in [1.807, 2.05) is 12.1 Å². The number of aryl methyl sites for hydroxylation is 1. The first-order chi connectivity index (χ1) is 7.72. The second kappa shape index (κ2) is 4.40. The summed E-state index contributed by atoms with van der Waals surface area (Å²) in [6.07, 6.45) is 1.05. The number of hydrogen-bond acceptors (Lipinski definition) is 1. The summed E-state index contributed by atoms with van der Waals surface area (Å²) in [5.41, 5.74) is 5.12. The average molecular weight is 212 g/mol. The monoisotopic (exact) mass is 212 g/mol. The molecule has 0 unspecified atom stereocenters. The summed E-state index contributed by atoms with van der Waals surface area (Å²) in [5, 5.41) is 9.27. The molecule has 2 rings (SSSR count). The fourth-order valence-corrected chi connectivity index (χ4v) is 2.02. The molecule has 0 bridgehead atoms. The minimum Gasteiger partial charge on any atom is -0.508 e. The van der Waals surface area contributed by atoms with E-state index >= 15 is 0 Å². The van der Waals surface area contributed by atoms with Crippen molar-refractivity contribution in [1.82, 2.24) is 0 Å². The van der Waals surface area contributed by atoms with Crippen molar-refractivity contribution in [2.45, 2.75) is 20.3 Å². The maximum atomic E-state index is 9.27. The van der Waals surface area contributed by atoms with Crippen LogP contribution in [0.2, 0.25) is 0 Å². The first-order valence-corrected chi connectivity index (χ1v) is 5.60. The van der Waals surface area contributed by atoms with Crippen molar-refractivity contribution in [2.75, 3.05) is 0 Å². The molecule has 0 fully saturated rings. The molecule has 0 saturated heterocycles. The van der Waals surface area contributed by atoms with Gasteiger partial charge in [-0.15, -0.1) is 0 Å². The Morgan fingerprint density at radius 1 is 1.00 bits per heavy atom. The van der Waals surface area contributed by atoms with E-state index in [1.54, 1.807) is 12.1 Å². The fourth-order valence-electron chi connectivity index (χ4n) is 2.02. The van der Waals surface area contributed by atoms with E-state index in [9.17, 15) is 5.11 Å². The van der Waals surface area contributed by atoms with Crippen molar-refractivity contribution in [3.63, 3.8) is 0 Å². The van der Waals surface area contributed by atoms with Crippen LogP contribution in [0.1, 0.15) is 18.1 Å². The lowest BCUT2D eigenvalue weighted by atomic mass is 9.95. The van der Waals surface area contributed by atoms with Crippen LogP contribution < -0.4 is 0 Å². The highest BCUT2D eigenvalue weighted by atomic mass is 16.3. The van der Waals surface area contributed by atoms with Gasteiger partial charge in [-0.25, -0.2) is 0 Å². The molecule has 0 aromatic heterocycles. The van der Waals surface area contributed by atoms with E-state index in [-0.39, 0.29) is 0 Å². The van der Waals surface area contributed by atoms with E-state index in [1.165, 1.54) is 16.7 Å². The van der Waals surface area contributed by atoms with Gasteiger partial charge in [0.2, 0.25) is 0 Å². The molecular formula is C15H16O. The fraction of sp³-hybridized carbons (Fsp3) is 0.200. The van der Waals surface area contributed by atoms with Crippen molar-refractivity contribution in [2.24, 2.45) is 0 Å². The topological polar surface area (TPSA) is 20.2 Å². The summed E-state index contributed by atoms with van der Waals surface area (Å²) in [6, 6.07) is 13.8. The summed E-state index contributed by atoms with van der Waals surface area (Å²) in [7, 11) is 0. The summed E-state index contributed by atoms with van der Waals surface area (Å²) < 4.78 is 0. The van der Waals surface area contributed by atoms with Crippen LogP contribution in [0, 0.1) is 6.92 Å². The molecule has 0 atom stereocenters. The average Bonchev–Trinajstić information content (AvgIpc) is 2.31. The van der Waals surface area contributed by atoms with Crippen LogP contribution in [-0.2, 0) is 6.42 Å². The van der Waals surface area contributed by atoms with E-state index < -0.39 is 0 Å². The maximum Gasteiger partial charge on any atom is 0.115 e. The molecule has 0 radical (unpaired) electrons. The Bertz CT molecular complexity index is 483. The van der Waals surface area contributed by atoms with Gasteiger partial charge in [0.15, 0.2) is 0 Å². The van der Waals surface area contributed by atoms with Gasteiger partial charge < -0.3 is 5.11 Å². The molecule has 16 heavy (non-hydrogen) atoms. The Hall–Kier alpha value is -1.76. The largest absolute Gasteiger partial charge is 0.508 e. The van der Waals surface area contributed by atoms with Gasteiger partial charge in [0.05, 0.1) is 0 Å². The molecule has 2 aromatic carbocycles. The Morgan fingerprint density at radius 2 is 1.69 bits per heavy atom. The molecule has 0 heterocycles. The van der Waals surface area contributed by atoms with Gasteiger partial charge in [0.25, 0.3) is 0 Å². The molecule has 82 valence electrons. The highest BCUT2D eigenvalue weighted by Crippen LogP contribution is 2.27. The van der Waals surface area contributed by atoms with Crippen LogP contribution in [0.4, 0.5) is 0 Å². The lowest BCUT2D eigenvalue weighted by Gasteiger charge is -2.10. The Balaban J connectivity index is 2.51. The van der Waals surface area contributed by atoms with Crippen LogP contribution in [0.5, 0.6) is 5.75 Å². The molecule has 0 aliphatic rings. The lowest BCUT2D eigenvalue weighted by molar-refractivity contribution is 0.475. The zero-order chi connectivity index (χ0) is 11.5. The predicted molar refractivity (Wildman–Crippen MR) is 67.7 cm³/mol. The van der Waals surface area contributed by atoms with Crippen LogP contribution >= 0.6 is 0 Å². The highest BCUT2D eigenvalue weighted by Gasteiger charge is 2.04. The molecule has 0 aliphatic carbocycles. The highest BCUT2D eigenvalue weighted by molar-refractivity contribution is 5.69. The van der Waals surface area contributed by atoms with Gasteiger partial charge in [-0.1, -0.05) is 37.3 Å². The van der Waals surface area contributed by atoms with Crippen molar-refractivity contribution in [3.05, 3.63) is 53.6 Å². The van der Waals surface area contributed by atoms with Crippen molar-refractivity contribution >= 4 is 0 Å². The lowest BCUT2D eigenvalue weighted by Crippen LogP contribution is -1.90. The van der Waals surface area contributed by atoms with Gasteiger partial charge in [-0.05, 0) is 47.7 Å². The zero-order valence-corrected chi connectivity index (χ0v) is 9.70. The van der Waals surface area contributed by atoms with Gasteiger partial charge in [-0.3, -0.25) is 0 Å². The molecule has 1 nitrogen and oxygen atoms in total. The molecule has 0 spiro atoms. The number of aromatic hydroxyl groups is 1. The van der Waals surface area contributed by atoms with E-state index in [4.69, 9.17) is 0 Å². The molecule has 2 aromatic rings. The van der Waals surface area contributed by atoms with Crippen molar-refractivity contribution in [3.8, 4) is 16.9 Å². The Kier molecular flexibility index (Phi) is 2.95. The molecule has 0 aliphatic heterocycles. The SMILES string of the molecule is CCc1cccc(-c2ccc(O)cc2)c1C. The standard InChI is InChI=1S/C15H16O/c1-3-12-5-4-6-15(11(12)2)13-7-9-14(16)10-8-13/h4-10,16H,3H2,1-2H3. The minimum absolute atomic E-state index is 0.313. The Labute approximate surface area is 96.4 Å². The number of rotatable bonds is 2. The third-order valence-electron chi connectivity index (χ3n) is 3.01. The van der Waals surface area contributed by atoms with Gasteiger partial charge in [0.1, 0.15) is 5.75 Å². The molecule has 1 N–H and O–H groups in total. The second-order valence-electron chi connectivity index (χ2n) is 3.99. The molecule has 0 amide bonds. The van der Waals surface area contributed by atoms with Crippen molar-refractivity contribution in [1.29, 1.82) is 0 Å². The minimum atomic E-state index is 0.313. The molecular weight excluding hydrogens is 196 g/mol. The van der Waals surface area contributed by atoms with E-state index in [0.29, 0.717) is 5.75 Å². The number of phenols is 1. The summed E-state index contributed by atoms with van der Waals surface area (Å²) in [5.74, 6) is 0.313. The maximum absolute atomic E-state index is 9.27. The van der Waals surface area contributed by atoms with Crippen LogP contribution in [-0.4, -0.2) is 5.11 Å². The third kappa shape index (κ3) is 1.94. The molecule has 0 saturated carbocycles. The van der Waals surface area contributed by atoms with Crippen LogP contribution in [0.3, 0.4) is 0 Å². The number of benzene rings is 2. The molecule has 1 heteroatoms. The normalized spacial score (nSPS) is 10.4. The van der Waals surface area contributed by atoms with Gasteiger partial charge >= 0.3 is 0 Å². The van der Waals surface area contributed by atoms with Crippen LogP contribution in [0.15, 0.2) is 42.5 Å². The van der Waals surface area contributed by atoms with Crippen molar-refractivity contribution < 1.29 is 5.11 Å². The van der Waals surface area contributed by atoms with Crippen LogP contribution in [0.25, 0.3) is 11.1 Å². The second-order valence-corrected chi connectivity index (χ2v) is 3.99. The summed E-state index contributed by atoms with van der Waals surface area (Å²) in [4.78, 5) is 0. The number of phenolic OH excluding ortho intramolecular Hbond substituents is 1. The number of hydrogen-bond donors (Lipinski definition) is 1.